The van der Waals surface area contributed by atoms with Crippen LogP contribution in [-0.2, 0) is 19.6 Å². The zero-order valence-electron chi connectivity index (χ0n) is 21.9. The molecule has 1 aromatic heterocycles. The first-order valence-corrected chi connectivity index (χ1v) is 13.3. The molecule has 188 valence electrons. The molecule has 0 unspecified atom stereocenters. The third-order valence-corrected chi connectivity index (χ3v) is 6.75. The molecule has 4 aromatic rings. The molecular weight excluding hydrogens is 442 g/mol. The fraction of sp³-hybridized carbons (Fsp3) is 0.344. The molecule has 0 spiro atoms. The topological polar surface area (TPSA) is 41.3 Å². The fourth-order valence-corrected chi connectivity index (χ4v) is 4.76. The molecule has 0 fully saturated rings. The summed E-state index contributed by atoms with van der Waals surface area (Å²) in [6, 6.07) is 28.1. The third kappa shape index (κ3) is 7.08. The molecule has 0 atom stereocenters. The van der Waals surface area contributed by atoms with Gasteiger partial charge in [0.1, 0.15) is 12.0 Å². The zero-order valence-corrected chi connectivity index (χ0v) is 21.9. The molecule has 0 saturated heterocycles. The zero-order chi connectivity index (χ0) is 25.2. The summed E-state index contributed by atoms with van der Waals surface area (Å²) in [4.78, 5) is 6.95. The molecule has 3 aromatic carbocycles. The van der Waals surface area contributed by atoms with E-state index in [4.69, 9.17) is 4.42 Å². The SMILES string of the molecule is CCCC(CCC)c1ccc(CN(C)c2ccc(-c3coc(CNCc4ccccc4)n3)cc2)cc1. The van der Waals surface area contributed by atoms with Crippen LogP contribution >= 0.6 is 0 Å². The minimum atomic E-state index is 0.603. The van der Waals surface area contributed by atoms with E-state index in [1.165, 1.54) is 48.1 Å². The molecule has 0 bridgehead atoms. The van der Waals surface area contributed by atoms with E-state index in [9.17, 15) is 0 Å². The summed E-state index contributed by atoms with van der Waals surface area (Å²) in [7, 11) is 2.15. The maximum atomic E-state index is 5.69. The summed E-state index contributed by atoms with van der Waals surface area (Å²) in [5.74, 6) is 1.39. The number of nitrogens with zero attached hydrogens (tertiary/aromatic N) is 2. The molecule has 4 nitrogen and oxygen atoms in total. The Labute approximate surface area is 216 Å². The van der Waals surface area contributed by atoms with Gasteiger partial charge in [0.2, 0.25) is 5.89 Å². The van der Waals surface area contributed by atoms with Gasteiger partial charge in [-0.3, -0.25) is 0 Å². The second-order valence-electron chi connectivity index (χ2n) is 9.63. The molecule has 0 saturated carbocycles. The summed E-state index contributed by atoms with van der Waals surface area (Å²) in [5, 5.41) is 3.39. The minimum Gasteiger partial charge on any atom is -0.447 e. The van der Waals surface area contributed by atoms with Crippen LogP contribution in [0.3, 0.4) is 0 Å². The second kappa shape index (κ2) is 13.1. The quantitative estimate of drug-likeness (QED) is 0.210. The average molecular weight is 482 g/mol. The molecule has 1 N–H and O–H groups in total. The van der Waals surface area contributed by atoms with Crippen LogP contribution in [0.4, 0.5) is 5.69 Å². The van der Waals surface area contributed by atoms with Gasteiger partial charge in [-0.05, 0) is 47.6 Å². The van der Waals surface area contributed by atoms with Crippen molar-refractivity contribution in [3.63, 3.8) is 0 Å². The van der Waals surface area contributed by atoms with Crippen molar-refractivity contribution in [3.8, 4) is 11.3 Å². The van der Waals surface area contributed by atoms with Crippen LogP contribution in [0.15, 0.2) is 89.5 Å². The van der Waals surface area contributed by atoms with Crippen molar-refractivity contribution in [2.45, 2.75) is 65.1 Å². The lowest BCUT2D eigenvalue weighted by Gasteiger charge is -2.21. The van der Waals surface area contributed by atoms with E-state index in [2.05, 4.69) is 96.8 Å². The molecule has 0 radical (unpaired) electrons. The van der Waals surface area contributed by atoms with E-state index in [0.29, 0.717) is 18.4 Å². The number of benzene rings is 3. The number of rotatable bonds is 13. The molecule has 1 heterocycles. The predicted octanol–water partition coefficient (Wildman–Crippen LogP) is 7.95. The monoisotopic (exact) mass is 481 g/mol. The number of aromatic nitrogens is 1. The van der Waals surface area contributed by atoms with Gasteiger partial charge >= 0.3 is 0 Å². The van der Waals surface area contributed by atoms with Crippen LogP contribution in [0.25, 0.3) is 11.3 Å². The van der Waals surface area contributed by atoms with Gasteiger partial charge in [0, 0.05) is 31.4 Å². The number of oxazole rings is 1. The van der Waals surface area contributed by atoms with Crippen LogP contribution in [0.5, 0.6) is 0 Å². The molecule has 0 aliphatic heterocycles. The molecule has 4 heteroatoms. The first-order chi connectivity index (χ1) is 17.7. The van der Waals surface area contributed by atoms with E-state index in [1.807, 2.05) is 18.2 Å². The summed E-state index contributed by atoms with van der Waals surface area (Å²) >= 11 is 0. The van der Waals surface area contributed by atoms with Crippen molar-refractivity contribution >= 4 is 5.69 Å². The van der Waals surface area contributed by atoms with Crippen LogP contribution in [0, 0.1) is 0 Å². The van der Waals surface area contributed by atoms with Crippen molar-refractivity contribution in [2.75, 3.05) is 11.9 Å². The van der Waals surface area contributed by atoms with Gasteiger partial charge in [0.15, 0.2) is 0 Å². The average Bonchev–Trinajstić information content (AvgIpc) is 3.39. The van der Waals surface area contributed by atoms with E-state index >= 15 is 0 Å². The van der Waals surface area contributed by atoms with Gasteiger partial charge in [-0.2, -0.15) is 0 Å². The number of hydrogen-bond donors (Lipinski definition) is 1. The number of anilines is 1. The maximum Gasteiger partial charge on any atom is 0.208 e. The highest BCUT2D eigenvalue weighted by Crippen LogP contribution is 2.27. The fourth-order valence-electron chi connectivity index (χ4n) is 4.76. The van der Waals surface area contributed by atoms with Gasteiger partial charge in [0.25, 0.3) is 0 Å². The first kappa shape index (κ1) is 25.7. The van der Waals surface area contributed by atoms with Crippen molar-refractivity contribution in [3.05, 3.63) is 108 Å². The molecule has 0 amide bonds. The Bertz CT molecular complexity index is 1160. The van der Waals surface area contributed by atoms with Crippen LogP contribution in [-0.4, -0.2) is 12.0 Å². The summed E-state index contributed by atoms with van der Waals surface area (Å²) < 4.78 is 5.69. The highest BCUT2D eigenvalue weighted by atomic mass is 16.3. The maximum absolute atomic E-state index is 5.69. The number of hydrogen-bond acceptors (Lipinski definition) is 4. The Morgan fingerprint density at radius 3 is 2.17 bits per heavy atom. The Kier molecular flexibility index (Phi) is 9.34. The van der Waals surface area contributed by atoms with Gasteiger partial charge in [-0.15, -0.1) is 0 Å². The van der Waals surface area contributed by atoms with E-state index in [0.717, 1.165) is 24.3 Å². The highest BCUT2D eigenvalue weighted by Gasteiger charge is 2.11. The normalized spacial score (nSPS) is 11.2. The lowest BCUT2D eigenvalue weighted by atomic mass is 9.90. The predicted molar refractivity (Wildman–Crippen MR) is 150 cm³/mol. The van der Waals surface area contributed by atoms with Crippen molar-refractivity contribution in [1.82, 2.24) is 10.3 Å². The van der Waals surface area contributed by atoms with Crippen molar-refractivity contribution < 1.29 is 4.42 Å². The van der Waals surface area contributed by atoms with Gasteiger partial charge < -0.3 is 14.6 Å². The third-order valence-electron chi connectivity index (χ3n) is 6.75. The smallest absolute Gasteiger partial charge is 0.208 e. The Morgan fingerprint density at radius 2 is 1.50 bits per heavy atom. The van der Waals surface area contributed by atoms with Crippen LogP contribution < -0.4 is 10.2 Å². The minimum absolute atomic E-state index is 0.603. The van der Waals surface area contributed by atoms with Crippen molar-refractivity contribution in [1.29, 1.82) is 0 Å². The van der Waals surface area contributed by atoms with Crippen molar-refractivity contribution in [2.24, 2.45) is 0 Å². The van der Waals surface area contributed by atoms with E-state index < -0.39 is 0 Å². The first-order valence-electron chi connectivity index (χ1n) is 13.3. The Hall–Kier alpha value is -3.37. The summed E-state index contributed by atoms with van der Waals surface area (Å²) in [5.41, 5.74) is 7.18. The van der Waals surface area contributed by atoms with Gasteiger partial charge in [-0.25, -0.2) is 4.98 Å². The molecule has 0 aliphatic rings. The second-order valence-corrected chi connectivity index (χ2v) is 9.63. The standard InChI is InChI=1S/C32H39N3O/c1-4-9-27(10-5-2)28-15-13-26(14-16-28)23-35(3)30-19-17-29(18-20-30)31-24-36-32(34-31)22-33-21-25-11-7-6-8-12-25/h6-8,11-20,24,27,33H,4-5,9-10,21-23H2,1-3H3. The molecule has 4 rings (SSSR count). The van der Waals surface area contributed by atoms with Gasteiger partial charge in [0.05, 0.1) is 6.54 Å². The van der Waals surface area contributed by atoms with Gasteiger partial charge in [-0.1, -0.05) is 93.4 Å². The van der Waals surface area contributed by atoms with Crippen LogP contribution in [0.2, 0.25) is 0 Å². The lowest BCUT2D eigenvalue weighted by molar-refractivity contribution is 0.468. The Balaban J connectivity index is 1.31. The lowest BCUT2D eigenvalue weighted by Crippen LogP contribution is -2.16. The van der Waals surface area contributed by atoms with Crippen LogP contribution in [0.1, 0.15) is 68.0 Å². The largest absolute Gasteiger partial charge is 0.447 e. The van der Waals surface area contributed by atoms with E-state index in [-0.39, 0.29) is 0 Å². The summed E-state index contributed by atoms with van der Waals surface area (Å²) in [6.07, 6.45) is 6.77. The Morgan fingerprint density at radius 1 is 0.806 bits per heavy atom. The molecular formula is C32H39N3O. The van der Waals surface area contributed by atoms with E-state index in [1.54, 1.807) is 6.26 Å². The highest BCUT2D eigenvalue weighted by molar-refractivity contribution is 5.62. The number of nitrogens with one attached hydrogen (secondary N) is 1. The summed E-state index contributed by atoms with van der Waals surface area (Å²) in [6.45, 7) is 6.84. The molecule has 0 aliphatic carbocycles. The molecule has 36 heavy (non-hydrogen) atoms.